The molecular weight excluding hydrogens is 1140 g/mol. The predicted molar refractivity (Wildman–Crippen MR) is 346 cm³/mol. The van der Waals surface area contributed by atoms with Gasteiger partial charge in [0, 0.05) is 6.42 Å². The van der Waals surface area contributed by atoms with Gasteiger partial charge in [-0.3, -0.25) is 4.79 Å². The molecule has 0 radical (unpaired) electrons. The summed E-state index contributed by atoms with van der Waals surface area (Å²) in [6, 6.07) is -0.986. The fourth-order valence-corrected chi connectivity index (χ4v) is 11.8. The summed E-state index contributed by atoms with van der Waals surface area (Å²) in [6.07, 6.45) is 36.2. The first-order valence-electron chi connectivity index (χ1n) is 35.4. The van der Waals surface area contributed by atoms with Gasteiger partial charge in [0.05, 0.1) is 38.6 Å². The van der Waals surface area contributed by atoms with Gasteiger partial charge < -0.3 is 89.9 Å². The van der Waals surface area contributed by atoms with Crippen molar-refractivity contribution in [2.45, 2.75) is 362 Å². The maximum absolute atomic E-state index is 13.3. The molecule has 3 rings (SSSR count). The number of hydrogen-bond acceptors (Lipinski definition) is 18. The van der Waals surface area contributed by atoms with Crippen LogP contribution in [0.5, 0.6) is 0 Å². The van der Waals surface area contributed by atoms with Gasteiger partial charge >= 0.3 is 0 Å². The van der Waals surface area contributed by atoms with E-state index in [1.54, 1.807) is 6.08 Å². The van der Waals surface area contributed by atoms with Gasteiger partial charge in [0.2, 0.25) is 5.91 Å². The van der Waals surface area contributed by atoms with Crippen molar-refractivity contribution >= 4 is 5.91 Å². The summed E-state index contributed by atoms with van der Waals surface area (Å²) in [4.78, 5) is 13.3. The smallest absolute Gasteiger partial charge is 0.220 e. The molecule has 19 heteroatoms. The molecule has 3 heterocycles. The minimum atomic E-state index is -1.98. The number of nitrogens with one attached hydrogen (secondary N) is 1. The largest absolute Gasteiger partial charge is 0.394 e. The van der Waals surface area contributed by atoms with Crippen LogP contribution in [-0.4, -0.2) is 193 Å². The van der Waals surface area contributed by atoms with Crippen molar-refractivity contribution in [3.05, 3.63) is 48.6 Å². The molecule has 0 bridgehead atoms. The average Bonchev–Trinajstić information content (AvgIpc) is 2.14. The topological polar surface area (TPSA) is 307 Å². The fourth-order valence-electron chi connectivity index (χ4n) is 11.8. The van der Waals surface area contributed by atoms with E-state index in [1.165, 1.54) is 180 Å². The van der Waals surface area contributed by atoms with Crippen LogP contribution in [0.2, 0.25) is 0 Å². The van der Waals surface area contributed by atoms with Crippen molar-refractivity contribution in [1.82, 2.24) is 5.32 Å². The lowest BCUT2D eigenvalue weighted by molar-refractivity contribution is -0.379. The number of aliphatic hydroxyl groups excluding tert-OH is 11. The second-order valence-corrected chi connectivity index (χ2v) is 25.3. The number of carbonyl (C=O) groups excluding carboxylic acids is 1. The fraction of sp³-hybridized carbons (Fsp3) is 0.871. The molecular formula is C70H127NO18. The molecule has 0 saturated carbocycles. The van der Waals surface area contributed by atoms with Crippen molar-refractivity contribution in [3.63, 3.8) is 0 Å². The maximum Gasteiger partial charge on any atom is 0.220 e. The number of hydrogen-bond donors (Lipinski definition) is 12. The summed E-state index contributed by atoms with van der Waals surface area (Å²) in [6.45, 7) is 1.58. The minimum absolute atomic E-state index is 0.237. The van der Waals surface area contributed by atoms with Crippen LogP contribution < -0.4 is 5.32 Å². The number of amides is 1. The minimum Gasteiger partial charge on any atom is -0.394 e. The van der Waals surface area contributed by atoms with Crippen LogP contribution >= 0.6 is 0 Å². The molecule has 12 N–H and O–H groups in total. The van der Waals surface area contributed by atoms with Crippen molar-refractivity contribution in [3.8, 4) is 0 Å². The zero-order chi connectivity index (χ0) is 64.7. The lowest BCUT2D eigenvalue weighted by Crippen LogP contribution is -2.66. The third kappa shape index (κ3) is 34.1. The molecule has 3 aliphatic rings. The van der Waals surface area contributed by atoms with Crippen LogP contribution in [-0.2, 0) is 33.2 Å². The van der Waals surface area contributed by atoms with Gasteiger partial charge in [0.25, 0.3) is 0 Å². The summed E-state index contributed by atoms with van der Waals surface area (Å²) >= 11 is 0. The van der Waals surface area contributed by atoms with Crippen LogP contribution in [0.15, 0.2) is 48.6 Å². The number of rotatable bonds is 54. The van der Waals surface area contributed by atoms with Gasteiger partial charge in [-0.05, 0) is 57.8 Å². The van der Waals surface area contributed by atoms with E-state index in [-0.39, 0.29) is 18.9 Å². The van der Waals surface area contributed by atoms with Gasteiger partial charge in [-0.2, -0.15) is 0 Å². The molecule has 0 aromatic rings. The van der Waals surface area contributed by atoms with E-state index in [0.717, 1.165) is 44.9 Å². The monoisotopic (exact) mass is 1270 g/mol. The molecule has 89 heavy (non-hydrogen) atoms. The Labute approximate surface area is 535 Å². The molecule has 520 valence electrons. The second-order valence-electron chi connectivity index (χ2n) is 25.3. The Morgan fingerprint density at radius 2 is 0.775 bits per heavy atom. The first kappa shape index (κ1) is 81.0. The van der Waals surface area contributed by atoms with Crippen molar-refractivity contribution in [2.24, 2.45) is 0 Å². The SMILES string of the molecule is CCC/C=C/CC/C=C/C(O)C(COC1OC(CO)C(OC2OC(CO)C(OC3OC(CO)C(O)C(O)C3O)C(O)C2O)C(O)C1O)NC(=O)CCCCCCCCCCCCCCCCCCCCCCCCCCC/C=C\C/C=C\CCCCCCC. The summed E-state index contributed by atoms with van der Waals surface area (Å²) in [5.41, 5.74) is 0. The average molecular weight is 1270 g/mol. The number of carbonyl (C=O) groups is 1. The molecule has 0 aliphatic carbocycles. The molecule has 3 fully saturated rings. The lowest BCUT2D eigenvalue weighted by Gasteiger charge is -2.48. The summed E-state index contributed by atoms with van der Waals surface area (Å²) < 4.78 is 34.2. The maximum atomic E-state index is 13.3. The van der Waals surface area contributed by atoms with Crippen LogP contribution in [0, 0.1) is 0 Å². The number of allylic oxidation sites excluding steroid dienone is 7. The van der Waals surface area contributed by atoms with Crippen LogP contribution in [0.1, 0.15) is 258 Å². The van der Waals surface area contributed by atoms with Gasteiger partial charge in [-0.1, -0.05) is 242 Å². The van der Waals surface area contributed by atoms with Crippen molar-refractivity contribution in [1.29, 1.82) is 0 Å². The molecule has 17 unspecified atom stereocenters. The Morgan fingerprint density at radius 3 is 1.22 bits per heavy atom. The molecule has 17 atom stereocenters. The van der Waals surface area contributed by atoms with Crippen LogP contribution in [0.4, 0.5) is 0 Å². The number of unbranched alkanes of at least 4 members (excludes halogenated alkanes) is 32. The zero-order valence-electron chi connectivity index (χ0n) is 54.9. The third-order valence-electron chi connectivity index (χ3n) is 17.6. The molecule has 3 aliphatic heterocycles. The van der Waals surface area contributed by atoms with E-state index in [9.17, 15) is 61.0 Å². The number of ether oxygens (including phenoxy) is 6. The molecule has 0 aromatic carbocycles. The quantitative estimate of drug-likeness (QED) is 0.0199. The van der Waals surface area contributed by atoms with Crippen LogP contribution in [0.25, 0.3) is 0 Å². The van der Waals surface area contributed by atoms with E-state index in [0.29, 0.717) is 12.8 Å². The van der Waals surface area contributed by atoms with E-state index in [2.05, 4.69) is 55.6 Å². The molecule has 0 aromatic heterocycles. The Morgan fingerprint density at radius 1 is 0.404 bits per heavy atom. The molecule has 19 nitrogen and oxygen atoms in total. The molecule has 1 amide bonds. The van der Waals surface area contributed by atoms with Gasteiger partial charge in [-0.15, -0.1) is 0 Å². The highest BCUT2D eigenvalue weighted by molar-refractivity contribution is 5.76. The summed E-state index contributed by atoms with van der Waals surface area (Å²) in [5, 5.41) is 120. The number of aliphatic hydroxyl groups is 11. The molecule has 0 spiro atoms. The summed E-state index contributed by atoms with van der Waals surface area (Å²) in [5.74, 6) is -0.287. The Balaban J connectivity index is 1.25. The van der Waals surface area contributed by atoms with E-state index in [1.807, 2.05) is 6.08 Å². The first-order chi connectivity index (χ1) is 43.3. The predicted octanol–water partition coefficient (Wildman–Crippen LogP) is 9.39. The standard InChI is InChI=1S/C70H127NO18/c1-3-5-7-9-11-12-13-14-15-16-17-18-19-20-21-22-23-24-25-26-27-28-29-30-31-32-33-34-35-36-37-38-39-40-42-44-46-48-58(76)71-53(54(75)47-45-43-41-10-8-6-4-2)52-84-68-64(82)61(79)66(56(50-73)86-68)89-70-65(83)62(80)67(57(51-74)87-70)88-69-63(81)60(78)59(77)55(49-72)85-69/h8,10,13-14,16-17,45,47,53-57,59-70,72-75,77-83H,3-7,9,11-12,15,18-44,46,48-52H2,1-2H3,(H,71,76)/b10-8+,14-13-,17-16-,47-45+. The Bertz CT molecular complexity index is 1800. The highest BCUT2D eigenvalue weighted by atomic mass is 16.8. The first-order valence-corrected chi connectivity index (χ1v) is 35.4. The van der Waals surface area contributed by atoms with Gasteiger partial charge in [0.15, 0.2) is 18.9 Å². The Hall–Kier alpha value is -2.25. The Kier molecular flexibility index (Phi) is 47.4. The van der Waals surface area contributed by atoms with E-state index < -0.39 is 124 Å². The zero-order valence-corrected chi connectivity index (χ0v) is 54.9. The van der Waals surface area contributed by atoms with Gasteiger partial charge in [-0.25, -0.2) is 0 Å². The normalized spacial score (nSPS) is 28.5. The van der Waals surface area contributed by atoms with Crippen molar-refractivity contribution < 1.29 is 89.4 Å². The third-order valence-corrected chi connectivity index (χ3v) is 17.6. The van der Waals surface area contributed by atoms with Gasteiger partial charge in [0.1, 0.15) is 73.2 Å². The van der Waals surface area contributed by atoms with E-state index in [4.69, 9.17) is 28.4 Å². The second kappa shape index (κ2) is 52.1. The molecule has 3 saturated heterocycles. The van der Waals surface area contributed by atoms with Crippen LogP contribution in [0.3, 0.4) is 0 Å². The van der Waals surface area contributed by atoms with E-state index >= 15 is 0 Å². The highest BCUT2D eigenvalue weighted by Crippen LogP contribution is 2.33. The van der Waals surface area contributed by atoms with Crippen molar-refractivity contribution in [2.75, 3.05) is 26.4 Å². The summed E-state index contributed by atoms with van der Waals surface area (Å²) in [7, 11) is 0. The lowest BCUT2D eigenvalue weighted by atomic mass is 9.96. The highest BCUT2D eigenvalue weighted by Gasteiger charge is 2.53.